The molecule has 2 rings (SSSR count). The van der Waals surface area contributed by atoms with Gasteiger partial charge in [0.1, 0.15) is 12.3 Å². The second-order valence-electron chi connectivity index (χ2n) is 4.46. The summed E-state index contributed by atoms with van der Waals surface area (Å²) in [6.45, 7) is 4.09. The molecule has 7 nitrogen and oxygen atoms in total. The van der Waals surface area contributed by atoms with Crippen LogP contribution in [0.15, 0.2) is 23.1 Å². The molecule has 2 aromatic heterocycles. The molecule has 0 fully saturated rings. The Bertz CT molecular complexity index is 622. The Hall–Kier alpha value is -2.57. The molecule has 0 aliphatic rings. The molecule has 0 aliphatic carbocycles. The van der Waals surface area contributed by atoms with Crippen molar-refractivity contribution in [3.05, 3.63) is 41.1 Å². The van der Waals surface area contributed by atoms with Crippen LogP contribution in [0.4, 0.5) is 0 Å². The molecule has 0 spiro atoms. The summed E-state index contributed by atoms with van der Waals surface area (Å²) in [4.78, 5) is 22.5. The highest BCUT2D eigenvalue weighted by Crippen LogP contribution is 2.14. The van der Waals surface area contributed by atoms with E-state index in [9.17, 15) is 9.59 Å². The van der Waals surface area contributed by atoms with Crippen LogP contribution < -0.4 is 5.32 Å². The number of amides is 1. The Labute approximate surface area is 115 Å². The van der Waals surface area contributed by atoms with Crippen LogP contribution in [0, 0.1) is 13.8 Å². The second-order valence-corrected chi connectivity index (χ2v) is 4.46. The van der Waals surface area contributed by atoms with Crippen LogP contribution >= 0.6 is 0 Å². The van der Waals surface area contributed by atoms with Crippen molar-refractivity contribution < 1.29 is 19.1 Å². The lowest BCUT2D eigenvalue weighted by Gasteiger charge is -2.05. The van der Waals surface area contributed by atoms with Gasteiger partial charge in [0.15, 0.2) is 0 Å². The molecule has 1 amide bonds. The van der Waals surface area contributed by atoms with Crippen LogP contribution in [0.1, 0.15) is 27.2 Å². The summed E-state index contributed by atoms with van der Waals surface area (Å²) >= 11 is 0. The summed E-state index contributed by atoms with van der Waals surface area (Å²) in [5.41, 5.74) is 1.99. The number of aromatic carboxylic acids is 1. The third-order valence-corrected chi connectivity index (χ3v) is 2.96. The first-order chi connectivity index (χ1) is 9.47. The van der Waals surface area contributed by atoms with E-state index >= 15 is 0 Å². The molecule has 0 saturated carbocycles. The van der Waals surface area contributed by atoms with Crippen LogP contribution in [-0.2, 0) is 17.9 Å². The number of carboxylic acid groups (broad SMARTS) is 1. The highest BCUT2D eigenvalue weighted by Gasteiger charge is 2.11. The number of aromatic nitrogens is 2. The molecule has 0 bridgehead atoms. The summed E-state index contributed by atoms with van der Waals surface area (Å²) in [7, 11) is 0. The Kier molecular flexibility index (Phi) is 3.88. The van der Waals surface area contributed by atoms with E-state index < -0.39 is 5.97 Å². The van der Waals surface area contributed by atoms with Crippen LogP contribution in [0.5, 0.6) is 0 Å². The number of nitrogens with one attached hydrogen (secondary N) is 1. The molecule has 0 aliphatic heterocycles. The van der Waals surface area contributed by atoms with Gasteiger partial charge in [-0.1, -0.05) is 0 Å². The Balaban J connectivity index is 1.91. The minimum Gasteiger partial charge on any atom is -0.478 e. The zero-order chi connectivity index (χ0) is 14.7. The highest BCUT2D eigenvalue weighted by atomic mass is 16.4. The molecule has 7 heteroatoms. The lowest BCUT2D eigenvalue weighted by Crippen LogP contribution is -2.27. The molecule has 0 unspecified atom stereocenters. The zero-order valence-corrected chi connectivity index (χ0v) is 11.2. The van der Waals surface area contributed by atoms with Gasteiger partial charge in [-0.25, -0.2) is 4.79 Å². The molecule has 20 heavy (non-hydrogen) atoms. The van der Waals surface area contributed by atoms with Crippen LogP contribution in [0.2, 0.25) is 0 Å². The number of carbonyl (C=O) groups is 2. The van der Waals surface area contributed by atoms with Gasteiger partial charge in [-0.3, -0.25) is 9.48 Å². The van der Waals surface area contributed by atoms with Crippen molar-refractivity contribution in [2.24, 2.45) is 0 Å². The largest absolute Gasteiger partial charge is 0.478 e. The fourth-order valence-corrected chi connectivity index (χ4v) is 1.81. The first kappa shape index (κ1) is 13.9. The summed E-state index contributed by atoms with van der Waals surface area (Å²) in [6, 6.07) is 0. The number of hydrogen-bond acceptors (Lipinski definition) is 4. The first-order valence-electron chi connectivity index (χ1n) is 6.03. The normalized spacial score (nSPS) is 10.5. The molecule has 0 saturated heterocycles. The third-order valence-electron chi connectivity index (χ3n) is 2.96. The van der Waals surface area contributed by atoms with E-state index in [4.69, 9.17) is 9.52 Å². The van der Waals surface area contributed by atoms with Crippen molar-refractivity contribution in [3.8, 4) is 0 Å². The minimum atomic E-state index is -1.07. The van der Waals surface area contributed by atoms with Crippen LogP contribution in [0.3, 0.4) is 0 Å². The topological polar surface area (TPSA) is 97.4 Å². The van der Waals surface area contributed by atoms with Gasteiger partial charge >= 0.3 is 5.97 Å². The molecule has 2 N–H and O–H groups in total. The number of carbonyl (C=O) groups excluding carboxylic acids is 1. The van der Waals surface area contributed by atoms with Gasteiger partial charge in [0, 0.05) is 18.3 Å². The third kappa shape index (κ3) is 3.05. The quantitative estimate of drug-likeness (QED) is 0.853. The van der Waals surface area contributed by atoms with E-state index in [1.165, 1.54) is 17.1 Å². The molecule has 0 aromatic carbocycles. The van der Waals surface area contributed by atoms with Crippen molar-refractivity contribution >= 4 is 11.9 Å². The van der Waals surface area contributed by atoms with Gasteiger partial charge in [-0.2, -0.15) is 5.10 Å². The smallest absolute Gasteiger partial charge is 0.338 e. The predicted octanol–water partition coefficient (Wildman–Crippen LogP) is 1.11. The first-order valence-corrected chi connectivity index (χ1v) is 6.03. The zero-order valence-electron chi connectivity index (χ0n) is 11.2. The molecule has 2 aromatic rings. The Morgan fingerprint density at radius 3 is 2.75 bits per heavy atom. The average Bonchev–Trinajstić information content (AvgIpc) is 2.96. The average molecular weight is 277 g/mol. The van der Waals surface area contributed by atoms with E-state index in [-0.39, 0.29) is 18.0 Å². The van der Waals surface area contributed by atoms with Gasteiger partial charge in [0.2, 0.25) is 5.91 Å². The van der Waals surface area contributed by atoms with Gasteiger partial charge in [0.05, 0.1) is 18.0 Å². The predicted molar refractivity (Wildman–Crippen MR) is 69.2 cm³/mol. The van der Waals surface area contributed by atoms with E-state index in [1.807, 2.05) is 13.8 Å². The molecular formula is C13H15N3O4. The summed E-state index contributed by atoms with van der Waals surface area (Å²) in [5.74, 6) is -0.540. The maximum Gasteiger partial charge on any atom is 0.338 e. The second kappa shape index (κ2) is 5.60. The minimum absolute atomic E-state index is 0.0246. The van der Waals surface area contributed by atoms with E-state index in [0.29, 0.717) is 6.54 Å². The number of carboxylic acids is 1. The summed E-state index contributed by atoms with van der Waals surface area (Å²) in [5, 5.41) is 15.3. The maximum absolute atomic E-state index is 11.8. The number of nitrogens with zero attached hydrogens (tertiary/aromatic N) is 2. The monoisotopic (exact) mass is 277 g/mol. The Morgan fingerprint density at radius 1 is 1.45 bits per heavy atom. The van der Waals surface area contributed by atoms with Crippen LogP contribution in [0.25, 0.3) is 0 Å². The van der Waals surface area contributed by atoms with Crippen molar-refractivity contribution in [3.63, 3.8) is 0 Å². The maximum atomic E-state index is 11.8. The number of hydrogen-bond donors (Lipinski definition) is 2. The van der Waals surface area contributed by atoms with E-state index in [1.54, 1.807) is 6.26 Å². The number of aryl methyl sites for hydroxylation is 2. The number of rotatable bonds is 5. The van der Waals surface area contributed by atoms with Gasteiger partial charge < -0.3 is 14.8 Å². The lowest BCUT2D eigenvalue weighted by atomic mass is 10.2. The van der Waals surface area contributed by atoms with Gasteiger partial charge in [-0.15, -0.1) is 0 Å². The fraction of sp³-hybridized carbons (Fsp3) is 0.308. The fourth-order valence-electron chi connectivity index (χ4n) is 1.81. The standard InChI is InChI=1S/C13H15N3O4/c1-8-7-20-9(2)11(8)4-14-12(17)6-16-5-10(3-15-16)13(18)19/h3,5,7H,4,6H2,1-2H3,(H,14,17)(H,18,19). The molecule has 106 valence electrons. The van der Waals surface area contributed by atoms with E-state index in [0.717, 1.165) is 16.9 Å². The molecular weight excluding hydrogens is 262 g/mol. The number of furan rings is 1. The Morgan fingerprint density at radius 2 is 2.20 bits per heavy atom. The van der Waals surface area contributed by atoms with E-state index in [2.05, 4.69) is 10.4 Å². The highest BCUT2D eigenvalue weighted by molar-refractivity contribution is 5.87. The summed E-state index contributed by atoms with van der Waals surface area (Å²) in [6.07, 6.45) is 4.17. The van der Waals surface area contributed by atoms with Crippen molar-refractivity contribution in [2.45, 2.75) is 26.9 Å². The molecule has 0 atom stereocenters. The SMILES string of the molecule is Cc1coc(C)c1CNC(=O)Cn1cc(C(=O)O)cn1. The molecule has 2 heterocycles. The van der Waals surface area contributed by atoms with Crippen molar-refractivity contribution in [2.75, 3.05) is 0 Å². The van der Waals surface area contributed by atoms with Gasteiger partial charge in [-0.05, 0) is 19.4 Å². The van der Waals surface area contributed by atoms with Crippen LogP contribution in [-0.4, -0.2) is 26.8 Å². The lowest BCUT2D eigenvalue weighted by molar-refractivity contribution is -0.122. The van der Waals surface area contributed by atoms with Crippen molar-refractivity contribution in [1.29, 1.82) is 0 Å². The van der Waals surface area contributed by atoms with Crippen molar-refractivity contribution in [1.82, 2.24) is 15.1 Å². The van der Waals surface area contributed by atoms with Gasteiger partial charge in [0.25, 0.3) is 0 Å². The summed E-state index contributed by atoms with van der Waals surface area (Å²) < 4.78 is 6.53. The molecule has 0 radical (unpaired) electrons.